The molecule has 2 saturated carbocycles. The van der Waals surface area contributed by atoms with Gasteiger partial charge in [0.15, 0.2) is 11.5 Å². The van der Waals surface area contributed by atoms with Crippen LogP contribution in [0, 0.1) is 17.8 Å². The molecule has 28 heavy (non-hydrogen) atoms. The molecule has 2 unspecified atom stereocenters. The minimum atomic E-state index is 0. The number of hydrogen-bond acceptors (Lipinski definition) is 4. The Morgan fingerprint density at radius 1 is 1.11 bits per heavy atom. The first kappa shape index (κ1) is 22.8. The summed E-state index contributed by atoms with van der Waals surface area (Å²) in [5, 5.41) is 3.14. The molecule has 0 radical (unpaired) electrons. The van der Waals surface area contributed by atoms with E-state index >= 15 is 0 Å². The first-order valence-electron chi connectivity index (χ1n) is 10.5. The molecule has 1 amide bonds. The van der Waals surface area contributed by atoms with Gasteiger partial charge in [0.2, 0.25) is 5.91 Å². The number of hydrogen-bond donors (Lipinski definition) is 2. The summed E-state index contributed by atoms with van der Waals surface area (Å²) in [6.07, 6.45) is 6.36. The van der Waals surface area contributed by atoms with Crippen LogP contribution in [0.1, 0.15) is 51.5 Å². The molecule has 2 bridgehead atoms. The summed E-state index contributed by atoms with van der Waals surface area (Å²) in [5.41, 5.74) is 7.48. The number of amides is 1. The summed E-state index contributed by atoms with van der Waals surface area (Å²) < 4.78 is 11.3. The largest absolute Gasteiger partial charge is 0.490 e. The third-order valence-corrected chi connectivity index (χ3v) is 6.10. The van der Waals surface area contributed by atoms with E-state index in [9.17, 15) is 4.79 Å². The minimum Gasteiger partial charge on any atom is -0.490 e. The van der Waals surface area contributed by atoms with Gasteiger partial charge in [-0.15, -0.1) is 12.4 Å². The van der Waals surface area contributed by atoms with Crippen LogP contribution in [-0.2, 0) is 11.2 Å². The van der Waals surface area contributed by atoms with E-state index in [1.807, 2.05) is 32.0 Å². The molecule has 6 heteroatoms. The summed E-state index contributed by atoms with van der Waals surface area (Å²) in [4.78, 5) is 12.6. The van der Waals surface area contributed by atoms with Crippen molar-refractivity contribution in [2.75, 3.05) is 19.8 Å². The lowest BCUT2D eigenvalue weighted by Gasteiger charge is -2.43. The smallest absolute Gasteiger partial charge is 0.223 e. The van der Waals surface area contributed by atoms with Crippen molar-refractivity contribution in [2.24, 2.45) is 23.5 Å². The normalized spacial score (nSPS) is 26.1. The lowest BCUT2D eigenvalue weighted by Crippen LogP contribution is -2.49. The number of nitrogens with two attached hydrogens (primary N) is 1. The maximum Gasteiger partial charge on any atom is 0.223 e. The Bertz CT molecular complexity index is 626. The molecule has 0 spiro atoms. The molecular weight excluding hydrogens is 376 g/mol. The van der Waals surface area contributed by atoms with Crippen LogP contribution in [0.5, 0.6) is 11.5 Å². The van der Waals surface area contributed by atoms with E-state index in [2.05, 4.69) is 5.32 Å². The third kappa shape index (κ3) is 5.54. The maximum atomic E-state index is 12.6. The first-order valence-corrected chi connectivity index (χ1v) is 10.5. The van der Waals surface area contributed by atoms with Gasteiger partial charge in [0.1, 0.15) is 0 Å². The molecule has 5 nitrogen and oxygen atoms in total. The highest BCUT2D eigenvalue weighted by Gasteiger charge is 2.40. The van der Waals surface area contributed by atoms with E-state index in [1.54, 1.807) is 0 Å². The summed E-state index contributed by atoms with van der Waals surface area (Å²) in [6.45, 7) is 5.80. The SMILES string of the molecule is CCOc1ccc(CCNC(=O)C2CC3CCCC(C2)C3N)cc1OCC.Cl. The van der Waals surface area contributed by atoms with Crippen molar-refractivity contribution in [3.8, 4) is 11.5 Å². The highest BCUT2D eigenvalue weighted by atomic mass is 35.5. The van der Waals surface area contributed by atoms with Crippen molar-refractivity contribution in [3.63, 3.8) is 0 Å². The Morgan fingerprint density at radius 2 is 1.75 bits per heavy atom. The zero-order valence-electron chi connectivity index (χ0n) is 17.1. The second-order valence-electron chi connectivity index (χ2n) is 7.88. The molecule has 0 heterocycles. The molecule has 2 aliphatic rings. The molecule has 2 fully saturated rings. The Balaban J connectivity index is 0.00000280. The molecule has 0 aliphatic heterocycles. The molecule has 1 aromatic rings. The molecule has 0 aromatic heterocycles. The van der Waals surface area contributed by atoms with Crippen molar-refractivity contribution < 1.29 is 14.3 Å². The van der Waals surface area contributed by atoms with Gasteiger partial charge in [0, 0.05) is 18.5 Å². The van der Waals surface area contributed by atoms with Crippen molar-refractivity contribution in [1.82, 2.24) is 5.32 Å². The second kappa shape index (κ2) is 10.9. The van der Waals surface area contributed by atoms with Crippen LogP contribution in [0.15, 0.2) is 18.2 Å². The number of benzene rings is 1. The topological polar surface area (TPSA) is 73.6 Å². The molecule has 3 N–H and O–H groups in total. The van der Waals surface area contributed by atoms with Gasteiger partial charge in [-0.25, -0.2) is 0 Å². The zero-order valence-corrected chi connectivity index (χ0v) is 17.9. The molecule has 1 aromatic carbocycles. The van der Waals surface area contributed by atoms with Gasteiger partial charge in [0.05, 0.1) is 13.2 Å². The van der Waals surface area contributed by atoms with Gasteiger partial charge in [0.25, 0.3) is 0 Å². The Labute approximate surface area is 175 Å². The number of carbonyl (C=O) groups is 1. The highest BCUT2D eigenvalue weighted by molar-refractivity contribution is 5.85. The number of halogens is 1. The van der Waals surface area contributed by atoms with Crippen LogP contribution in [0.4, 0.5) is 0 Å². The van der Waals surface area contributed by atoms with Crippen LogP contribution in [-0.4, -0.2) is 31.7 Å². The van der Waals surface area contributed by atoms with Gasteiger partial charge in [-0.3, -0.25) is 4.79 Å². The fraction of sp³-hybridized carbons (Fsp3) is 0.682. The third-order valence-electron chi connectivity index (χ3n) is 6.10. The predicted octanol–water partition coefficient (Wildman–Crippen LogP) is 3.72. The number of fused-ring (bicyclic) bond motifs is 2. The van der Waals surface area contributed by atoms with Crippen LogP contribution in [0.25, 0.3) is 0 Å². The molecular formula is C22H35ClN2O3. The van der Waals surface area contributed by atoms with Gasteiger partial charge in [-0.2, -0.15) is 0 Å². The van der Waals surface area contributed by atoms with E-state index in [0.29, 0.717) is 37.6 Å². The van der Waals surface area contributed by atoms with Crippen molar-refractivity contribution >= 4 is 18.3 Å². The maximum absolute atomic E-state index is 12.6. The van der Waals surface area contributed by atoms with Crippen LogP contribution >= 0.6 is 12.4 Å². The van der Waals surface area contributed by atoms with Gasteiger partial charge in [-0.1, -0.05) is 12.5 Å². The predicted molar refractivity (Wildman–Crippen MR) is 114 cm³/mol. The number of rotatable bonds is 8. The summed E-state index contributed by atoms with van der Waals surface area (Å²) >= 11 is 0. The molecule has 0 saturated heterocycles. The molecule has 2 atom stereocenters. The number of ether oxygens (including phenoxy) is 2. The number of carbonyl (C=O) groups excluding carboxylic acids is 1. The molecule has 158 valence electrons. The van der Waals surface area contributed by atoms with Gasteiger partial charge in [-0.05, 0) is 75.5 Å². The van der Waals surface area contributed by atoms with Crippen molar-refractivity contribution in [2.45, 2.75) is 58.4 Å². The summed E-state index contributed by atoms with van der Waals surface area (Å²) in [7, 11) is 0. The average Bonchev–Trinajstić information content (AvgIpc) is 2.64. The van der Waals surface area contributed by atoms with E-state index in [-0.39, 0.29) is 24.2 Å². The summed E-state index contributed by atoms with van der Waals surface area (Å²) in [5.74, 6) is 2.96. The zero-order chi connectivity index (χ0) is 19.2. The quantitative estimate of drug-likeness (QED) is 0.685. The lowest BCUT2D eigenvalue weighted by molar-refractivity contribution is -0.127. The van der Waals surface area contributed by atoms with Crippen molar-refractivity contribution in [3.05, 3.63) is 23.8 Å². The van der Waals surface area contributed by atoms with E-state index in [0.717, 1.165) is 36.3 Å². The Hall–Kier alpha value is -1.46. The van der Waals surface area contributed by atoms with E-state index < -0.39 is 0 Å². The first-order chi connectivity index (χ1) is 13.1. The van der Waals surface area contributed by atoms with Crippen molar-refractivity contribution in [1.29, 1.82) is 0 Å². The number of nitrogens with one attached hydrogen (secondary N) is 1. The average molecular weight is 411 g/mol. The fourth-order valence-electron chi connectivity index (χ4n) is 4.73. The van der Waals surface area contributed by atoms with Crippen LogP contribution < -0.4 is 20.5 Å². The van der Waals surface area contributed by atoms with Gasteiger partial charge >= 0.3 is 0 Å². The van der Waals surface area contributed by atoms with E-state index in [4.69, 9.17) is 15.2 Å². The lowest BCUT2D eigenvalue weighted by atomic mass is 9.65. The van der Waals surface area contributed by atoms with Crippen LogP contribution in [0.3, 0.4) is 0 Å². The van der Waals surface area contributed by atoms with Gasteiger partial charge < -0.3 is 20.5 Å². The summed E-state index contributed by atoms with van der Waals surface area (Å²) in [6, 6.07) is 6.33. The second-order valence-corrected chi connectivity index (χ2v) is 7.88. The Kier molecular flexibility index (Phi) is 8.90. The highest BCUT2D eigenvalue weighted by Crippen LogP contribution is 2.41. The van der Waals surface area contributed by atoms with Crippen LogP contribution in [0.2, 0.25) is 0 Å². The monoisotopic (exact) mass is 410 g/mol. The molecule has 2 aliphatic carbocycles. The minimum absolute atomic E-state index is 0. The Morgan fingerprint density at radius 3 is 2.39 bits per heavy atom. The molecule has 3 rings (SSSR count). The fourth-order valence-corrected chi connectivity index (χ4v) is 4.73. The standard InChI is InChI=1S/C22H34N2O3.ClH/c1-3-26-19-9-8-15(12-20(19)27-4-2)10-11-24-22(25)18-13-16-6-5-7-17(14-18)21(16)23;/h8-9,12,16-18,21H,3-7,10-11,13-14,23H2,1-2H3,(H,24,25);1H. The van der Waals surface area contributed by atoms with E-state index in [1.165, 1.54) is 19.3 Å².